The van der Waals surface area contributed by atoms with Crippen LogP contribution in [0, 0.1) is 11.3 Å². The van der Waals surface area contributed by atoms with Gasteiger partial charge in [-0.05, 0) is 5.56 Å². The molecule has 1 fully saturated rings. The van der Waals surface area contributed by atoms with Gasteiger partial charge in [-0.2, -0.15) is 0 Å². The zero-order valence-corrected chi connectivity index (χ0v) is 11.7. The fraction of sp³-hybridized carbons (Fsp3) is 0.533. The van der Waals surface area contributed by atoms with Crippen molar-refractivity contribution in [3.05, 3.63) is 35.9 Å². The summed E-state index contributed by atoms with van der Waals surface area (Å²) in [4.78, 5) is 4.90. The molecule has 1 aromatic rings. The van der Waals surface area contributed by atoms with E-state index in [2.05, 4.69) is 40.1 Å². The van der Waals surface area contributed by atoms with Crippen molar-refractivity contribution in [1.82, 2.24) is 9.80 Å². The largest absolute Gasteiger partial charge is 0.387 e. The molecule has 1 atom stereocenters. The second kappa shape index (κ2) is 6.68. The van der Waals surface area contributed by atoms with E-state index in [1.54, 1.807) is 0 Å². The molecule has 0 aromatic heterocycles. The van der Waals surface area contributed by atoms with Gasteiger partial charge >= 0.3 is 0 Å². The first-order chi connectivity index (χ1) is 9.15. The summed E-state index contributed by atoms with van der Waals surface area (Å²) in [6, 6.07) is 10.6. The molecule has 104 valence electrons. The number of amidine groups is 1. The lowest BCUT2D eigenvalue weighted by molar-refractivity contribution is 0.122. The number of hydrogen-bond donors (Lipinski definition) is 2. The molecule has 0 bridgehead atoms. The van der Waals surface area contributed by atoms with Crippen LogP contribution in [0.5, 0.6) is 0 Å². The van der Waals surface area contributed by atoms with Crippen molar-refractivity contribution >= 4 is 5.84 Å². The highest BCUT2D eigenvalue weighted by molar-refractivity contribution is 5.79. The number of nitrogens with one attached hydrogen (secondary N) is 1. The zero-order valence-electron chi connectivity index (χ0n) is 11.7. The van der Waals surface area contributed by atoms with Gasteiger partial charge in [-0.25, -0.2) is 0 Å². The van der Waals surface area contributed by atoms with Crippen LogP contribution in [0.3, 0.4) is 0 Å². The van der Waals surface area contributed by atoms with Crippen molar-refractivity contribution in [1.29, 1.82) is 5.41 Å². The standard InChI is InChI=1S/C15H24N4/c1-13(15(16)17)11-18-7-9-19(10-8-18)12-14-5-3-2-4-6-14/h2-6,13H,7-12H2,1H3,(H3,16,17). The minimum absolute atomic E-state index is 0.167. The van der Waals surface area contributed by atoms with Gasteiger partial charge in [0.05, 0.1) is 5.84 Å². The third-order valence-corrected chi connectivity index (χ3v) is 3.78. The molecule has 1 unspecified atom stereocenters. The molecule has 4 heteroatoms. The Morgan fingerprint density at radius 2 is 1.74 bits per heavy atom. The summed E-state index contributed by atoms with van der Waals surface area (Å²) in [6.45, 7) is 8.32. The molecule has 1 aliphatic rings. The van der Waals surface area contributed by atoms with E-state index in [1.165, 1.54) is 5.56 Å². The Hall–Kier alpha value is -1.39. The Balaban J connectivity index is 1.75. The Morgan fingerprint density at radius 3 is 2.32 bits per heavy atom. The van der Waals surface area contributed by atoms with Crippen LogP contribution in [0.15, 0.2) is 30.3 Å². The van der Waals surface area contributed by atoms with Gasteiger partial charge in [-0.15, -0.1) is 0 Å². The van der Waals surface area contributed by atoms with E-state index >= 15 is 0 Å². The fourth-order valence-corrected chi connectivity index (χ4v) is 2.46. The Bertz CT molecular complexity index is 396. The Morgan fingerprint density at radius 1 is 1.16 bits per heavy atom. The van der Waals surface area contributed by atoms with Crippen molar-refractivity contribution < 1.29 is 0 Å². The summed E-state index contributed by atoms with van der Waals surface area (Å²) < 4.78 is 0. The Kier molecular flexibility index (Phi) is 4.93. The summed E-state index contributed by atoms with van der Waals surface area (Å²) in [5.74, 6) is 0.465. The van der Waals surface area contributed by atoms with Crippen LogP contribution in [-0.2, 0) is 6.54 Å². The SMILES string of the molecule is CC(CN1CCN(Cc2ccccc2)CC1)C(=N)N. The predicted octanol–water partition coefficient (Wildman–Crippen LogP) is 1.38. The van der Waals surface area contributed by atoms with Crippen molar-refractivity contribution in [2.75, 3.05) is 32.7 Å². The van der Waals surface area contributed by atoms with Crippen LogP contribution < -0.4 is 5.73 Å². The summed E-state index contributed by atoms with van der Waals surface area (Å²) in [5, 5.41) is 7.45. The third-order valence-electron chi connectivity index (χ3n) is 3.78. The second-order valence-corrected chi connectivity index (χ2v) is 5.42. The number of hydrogen-bond acceptors (Lipinski definition) is 3. The highest BCUT2D eigenvalue weighted by Gasteiger charge is 2.19. The molecule has 19 heavy (non-hydrogen) atoms. The van der Waals surface area contributed by atoms with Gasteiger partial charge in [0.2, 0.25) is 0 Å². The van der Waals surface area contributed by atoms with Crippen LogP contribution in [0.25, 0.3) is 0 Å². The molecule has 0 saturated carbocycles. The first kappa shape index (κ1) is 14.0. The molecule has 1 saturated heterocycles. The average Bonchev–Trinajstić information content (AvgIpc) is 2.42. The highest BCUT2D eigenvalue weighted by atomic mass is 15.3. The first-order valence-electron chi connectivity index (χ1n) is 6.97. The van der Waals surface area contributed by atoms with Gasteiger partial charge < -0.3 is 10.6 Å². The molecule has 0 aliphatic carbocycles. The van der Waals surface area contributed by atoms with Gasteiger partial charge in [0.15, 0.2) is 0 Å². The van der Waals surface area contributed by atoms with Crippen molar-refractivity contribution in [3.63, 3.8) is 0 Å². The van der Waals surface area contributed by atoms with E-state index in [-0.39, 0.29) is 5.92 Å². The number of rotatable bonds is 5. The maximum Gasteiger partial charge on any atom is 0.0947 e. The van der Waals surface area contributed by atoms with Gasteiger partial charge in [0, 0.05) is 45.2 Å². The molecule has 4 nitrogen and oxygen atoms in total. The topological polar surface area (TPSA) is 56.4 Å². The fourth-order valence-electron chi connectivity index (χ4n) is 2.46. The summed E-state index contributed by atoms with van der Waals surface area (Å²) in [7, 11) is 0. The summed E-state index contributed by atoms with van der Waals surface area (Å²) in [5.41, 5.74) is 6.91. The van der Waals surface area contributed by atoms with Gasteiger partial charge in [0.1, 0.15) is 0 Å². The molecular formula is C15H24N4. The first-order valence-corrected chi connectivity index (χ1v) is 6.97. The van der Waals surface area contributed by atoms with Gasteiger partial charge in [0.25, 0.3) is 0 Å². The molecule has 1 aliphatic heterocycles. The highest BCUT2D eigenvalue weighted by Crippen LogP contribution is 2.09. The maximum absolute atomic E-state index is 7.45. The minimum Gasteiger partial charge on any atom is -0.387 e. The van der Waals surface area contributed by atoms with E-state index in [4.69, 9.17) is 11.1 Å². The van der Waals surface area contributed by atoms with Crippen molar-refractivity contribution in [3.8, 4) is 0 Å². The van der Waals surface area contributed by atoms with E-state index in [0.29, 0.717) is 5.84 Å². The monoisotopic (exact) mass is 260 g/mol. The van der Waals surface area contributed by atoms with Crippen LogP contribution in [0.1, 0.15) is 12.5 Å². The Labute approximate surface area is 115 Å². The number of benzene rings is 1. The molecule has 1 heterocycles. The van der Waals surface area contributed by atoms with Crippen LogP contribution in [0.4, 0.5) is 0 Å². The summed E-state index contributed by atoms with van der Waals surface area (Å²) >= 11 is 0. The lowest BCUT2D eigenvalue weighted by Crippen LogP contribution is -2.48. The second-order valence-electron chi connectivity index (χ2n) is 5.42. The number of nitrogens with zero attached hydrogens (tertiary/aromatic N) is 2. The van der Waals surface area contributed by atoms with Crippen molar-refractivity contribution in [2.24, 2.45) is 11.7 Å². The zero-order chi connectivity index (χ0) is 13.7. The van der Waals surface area contributed by atoms with E-state index in [1.807, 2.05) is 6.92 Å². The quantitative estimate of drug-likeness (QED) is 0.621. The van der Waals surface area contributed by atoms with Gasteiger partial charge in [-0.3, -0.25) is 10.3 Å². The summed E-state index contributed by atoms with van der Waals surface area (Å²) in [6.07, 6.45) is 0. The number of piperazine rings is 1. The van der Waals surface area contributed by atoms with Gasteiger partial charge in [-0.1, -0.05) is 37.3 Å². The van der Waals surface area contributed by atoms with E-state index in [9.17, 15) is 0 Å². The molecule has 0 radical (unpaired) electrons. The minimum atomic E-state index is 0.167. The number of nitrogens with two attached hydrogens (primary N) is 1. The normalized spacial score (nSPS) is 19.2. The molecule has 0 spiro atoms. The molecule has 2 rings (SSSR count). The average molecular weight is 260 g/mol. The van der Waals surface area contributed by atoms with Crippen LogP contribution in [0.2, 0.25) is 0 Å². The molecule has 0 amide bonds. The third kappa shape index (κ3) is 4.33. The van der Waals surface area contributed by atoms with Crippen LogP contribution in [-0.4, -0.2) is 48.4 Å². The molecule has 3 N–H and O–H groups in total. The van der Waals surface area contributed by atoms with Crippen LogP contribution >= 0.6 is 0 Å². The predicted molar refractivity (Wildman–Crippen MR) is 79.2 cm³/mol. The van der Waals surface area contributed by atoms with E-state index in [0.717, 1.165) is 39.3 Å². The van der Waals surface area contributed by atoms with E-state index < -0.39 is 0 Å². The van der Waals surface area contributed by atoms with Crippen molar-refractivity contribution in [2.45, 2.75) is 13.5 Å². The molecular weight excluding hydrogens is 236 g/mol. The lowest BCUT2D eigenvalue weighted by Gasteiger charge is -2.35. The maximum atomic E-state index is 7.45. The lowest BCUT2D eigenvalue weighted by atomic mass is 10.1. The molecule has 1 aromatic carbocycles. The smallest absolute Gasteiger partial charge is 0.0947 e.